The molecule has 1 heterocycles. The SMILES string of the molecule is COc1ccc(NC(=O)[C@H](C#N)C(=O)c2cnc(C)s2)cc1Cl. The Morgan fingerprint density at radius 2 is 2.22 bits per heavy atom. The van der Waals surface area contributed by atoms with Crippen LogP contribution in [0.5, 0.6) is 5.75 Å². The lowest BCUT2D eigenvalue weighted by Crippen LogP contribution is -2.28. The Morgan fingerprint density at radius 1 is 1.48 bits per heavy atom. The van der Waals surface area contributed by atoms with Crippen LogP contribution in [0, 0.1) is 24.2 Å². The number of amides is 1. The summed E-state index contributed by atoms with van der Waals surface area (Å²) in [7, 11) is 1.47. The number of aryl methyl sites for hydroxylation is 1. The highest BCUT2D eigenvalue weighted by atomic mass is 35.5. The third kappa shape index (κ3) is 3.86. The minimum Gasteiger partial charge on any atom is -0.495 e. The molecule has 1 N–H and O–H groups in total. The number of thiazole rings is 1. The number of hydrogen-bond acceptors (Lipinski definition) is 6. The number of anilines is 1. The maximum absolute atomic E-state index is 12.2. The summed E-state index contributed by atoms with van der Waals surface area (Å²) >= 11 is 7.11. The van der Waals surface area contributed by atoms with Crippen LogP contribution in [0.4, 0.5) is 5.69 Å². The van der Waals surface area contributed by atoms with Crippen LogP contribution in [0.3, 0.4) is 0 Å². The average Bonchev–Trinajstić information content (AvgIpc) is 2.94. The number of Topliss-reactive ketones (excluding diaryl/α,β-unsaturated/α-hetero) is 1. The van der Waals surface area contributed by atoms with Crippen LogP contribution in [-0.2, 0) is 4.79 Å². The number of methoxy groups -OCH3 is 1. The number of carbonyl (C=O) groups is 2. The Hall–Kier alpha value is -2.43. The summed E-state index contributed by atoms with van der Waals surface area (Å²) in [6, 6.07) is 6.35. The fourth-order valence-corrected chi connectivity index (χ4v) is 2.82. The molecule has 0 aliphatic rings. The summed E-state index contributed by atoms with van der Waals surface area (Å²) in [5, 5.41) is 12.7. The Kier molecular flexibility index (Phi) is 5.32. The van der Waals surface area contributed by atoms with Crippen LogP contribution < -0.4 is 10.1 Å². The maximum atomic E-state index is 12.2. The van der Waals surface area contributed by atoms with Crippen LogP contribution in [-0.4, -0.2) is 23.8 Å². The third-order valence-corrected chi connectivity index (χ3v) is 4.16. The Bertz CT molecular complexity index is 798. The zero-order chi connectivity index (χ0) is 17.0. The first-order valence-electron chi connectivity index (χ1n) is 6.47. The Balaban J connectivity index is 2.16. The number of hydrogen-bond donors (Lipinski definition) is 1. The quantitative estimate of drug-likeness (QED) is 0.661. The number of nitriles is 1. The van der Waals surface area contributed by atoms with Gasteiger partial charge in [0.1, 0.15) is 5.75 Å². The van der Waals surface area contributed by atoms with Crippen molar-refractivity contribution in [2.45, 2.75) is 6.92 Å². The molecular formula is C15H12ClN3O3S. The molecule has 0 bridgehead atoms. The molecule has 0 radical (unpaired) electrons. The fraction of sp³-hybridized carbons (Fsp3) is 0.200. The van der Waals surface area contributed by atoms with E-state index in [1.165, 1.54) is 19.4 Å². The summed E-state index contributed by atoms with van der Waals surface area (Å²) < 4.78 is 5.02. The Morgan fingerprint density at radius 3 is 2.74 bits per heavy atom. The van der Waals surface area contributed by atoms with E-state index in [1.54, 1.807) is 25.1 Å². The molecule has 118 valence electrons. The van der Waals surface area contributed by atoms with Crippen LogP contribution in [0.2, 0.25) is 5.02 Å². The standard InChI is InChI=1S/C15H12ClN3O3S/c1-8-18-7-13(23-8)14(20)10(6-17)15(21)19-9-3-4-12(22-2)11(16)5-9/h3-5,7,10H,1-2H3,(H,19,21)/t10-/m1/s1. The maximum Gasteiger partial charge on any atom is 0.249 e. The molecule has 23 heavy (non-hydrogen) atoms. The van der Waals surface area contributed by atoms with Gasteiger partial charge in [-0.05, 0) is 25.1 Å². The molecule has 0 saturated heterocycles. The van der Waals surface area contributed by atoms with Gasteiger partial charge in [0.15, 0.2) is 5.92 Å². The smallest absolute Gasteiger partial charge is 0.249 e. The van der Waals surface area contributed by atoms with E-state index in [9.17, 15) is 9.59 Å². The molecule has 2 aromatic rings. The van der Waals surface area contributed by atoms with Crippen molar-refractivity contribution in [3.05, 3.63) is 39.3 Å². The van der Waals surface area contributed by atoms with Gasteiger partial charge >= 0.3 is 0 Å². The lowest BCUT2D eigenvalue weighted by Gasteiger charge is -2.10. The monoisotopic (exact) mass is 349 g/mol. The predicted molar refractivity (Wildman–Crippen MR) is 86.9 cm³/mol. The van der Waals surface area contributed by atoms with Crippen molar-refractivity contribution in [1.29, 1.82) is 5.26 Å². The van der Waals surface area contributed by atoms with E-state index in [-0.39, 0.29) is 4.88 Å². The zero-order valence-corrected chi connectivity index (χ0v) is 13.9. The highest BCUT2D eigenvalue weighted by Gasteiger charge is 2.29. The molecule has 1 atom stereocenters. The first-order chi connectivity index (χ1) is 11.0. The number of nitrogens with one attached hydrogen (secondary N) is 1. The van der Waals surface area contributed by atoms with E-state index in [0.717, 1.165) is 11.3 Å². The van der Waals surface area contributed by atoms with E-state index in [4.69, 9.17) is 21.6 Å². The van der Waals surface area contributed by atoms with E-state index in [2.05, 4.69) is 10.3 Å². The largest absolute Gasteiger partial charge is 0.495 e. The van der Waals surface area contributed by atoms with Crippen LogP contribution in [0.25, 0.3) is 0 Å². The second kappa shape index (κ2) is 7.22. The number of carbonyl (C=O) groups excluding carboxylic acids is 2. The van der Waals surface area contributed by atoms with Gasteiger partial charge in [-0.3, -0.25) is 9.59 Å². The minimum absolute atomic E-state index is 0.275. The normalized spacial score (nSPS) is 11.4. The number of benzene rings is 1. The first-order valence-corrected chi connectivity index (χ1v) is 7.66. The Labute approximate surface area is 141 Å². The topological polar surface area (TPSA) is 92.1 Å². The van der Waals surface area contributed by atoms with E-state index < -0.39 is 17.6 Å². The fourth-order valence-electron chi connectivity index (χ4n) is 1.81. The summed E-state index contributed by atoms with van der Waals surface area (Å²) in [6.45, 7) is 1.74. The molecule has 0 spiro atoms. The van der Waals surface area contributed by atoms with Gasteiger partial charge in [0, 0.05) is 11.9 Å². The molecule has 8 heteroatoms. The van der Waals surface area contributed by atoms with Gasteiger partial charge < -0.3 is 10.1 Å². The summed E-state index contributed by atoms with van der Waals surface area (Å²) in [4.78, 5) is 28.6. The lowest BCUT2D eigenvalue weighted by molar-refractivity contribution is -0.117. The molecule has 0 fully saturated rings. The molecule has 2 rings (SSSR count). The molecule has 0 aliphatic carbocycles. The van der Waals surface area contributed by atoms with E-state index >= 15 is 0 Å². The van der Waals surface area contributed by atoms with Crippen molar-refractivity contribution >= 4 is 40.3 Å². The molecule has 0 unspecified atom stereocenters. The van der Waals surface area contributed by atoms with Crippen molar-refractivity contribution in [1.82, 2.24) is 4.98 Å². The number of aromatic nitrogens is 1. The summed E-state index contributed by atoms with van der Waals surface area (Å²) in [6.07, 6.45) is 1.37. The van der Waals surface area contributed by atoms with E-state index in [1.807, 2.05) is 0 Å². The van der Waals surface area contributed by atoms with Gasteiger partial charge in [-0.15, -0.1) is 11.3 Å². The van der Waals surface area contributed by atoms with Crippen LogP contribution in [0.15, 0.2) is 24.4 Å². The first kappa shape index (κ1) is 16.9. The zero-order valence-electron chi connectivity index (χ0n) is 12.3. The molecule has 1 aromatic carbocycles. The van der Waals surface area contributed by atoms with Crippen molar-refractivity contribution in [3.63, 3.8) is 0 Å². The third-order valence-electron chi connectivity index (χ3n) is 2.94. The molecule has 0 saturated carbocycles. The lowest BCUT2D eigenvalue weighted by atomic mass is 10.0. The van der Waals surface area contributed by atoms with Gasteiger partial charge in [0.05, 0.1) is 28.1 Å². The van der Waals surface area contributed by atoms with Crippen molar-refractivity contribution < 1.29 is 14.3 Å². The number of ether oxygens (including phenoxy) is 1. The number of halogens is 1. The highest BCUT2D eigenvalue weighted by molar-refractivity contribution is 7.13. The van der Waals surface area contributed by atoms with Crippen molar-refractivity contribution in [2.75, 3.05) is 12.4 Å². The molecule has 1 aromatic heterocycles. The minimum atomic E-state index is -1.45. The van der Waals surface area contributed by atoms with Crippen molar-refractivity contribution in [2.24, 2.45) is 5.92 Å². The highest BCUT2D eigenvalue weighted by Crippen LogP contribution is 2.27. The van der Waals surface area contributed by atoms with Crippen LogP contribution in [0.1, 0.15) is 14.7 Å². The average molecular weight is 350 g/mol. The number of rotatable bonds is 5. The van der Waals surface area contributed by atoms with Gasteiger partial charge in [-0.1, -0.05) is 11.6 Å². The van der Waals surface area contributed by atoms with Gasteiger partial charge in [-0.25, -0.2) is 4.98 Å². The van der Waals surface area contributed by atoms with Gasteiger partial charge in [0.25, 0.3) is 0 Å². The molecule has 6 nitrogen and oxygen atoms in total. The molecular weight excluding hydrogens is 338 g/mol. The predicted octanol–water partition coefficient (Wildman–Crippen LogP) is 3.07. The van der Waals surface area contributed by atoms with E-state index in [0.29, 0.717) is 21.5 Å². The number of ketones is 1. The number of nitrogens with zero attached hydrogens (tertiary/aromatic N) is 2. The summed E-state index contributed by atoms with van der Waals surface area (Å²) in [5.41, 5.74) is 0.370. The second-order valence-electron chi connectivity index (χ2n) is 4.51. The van der Waals surface area contributed by atoms with Crippen LogP contribution >= 0.6 is 22.9 Å². The molecule has 0 aliphatic heterocycles. The second-order valence-corrected chi connectivity index (χ2v) is 6.15. The van der Waals surface area contributed by atoms with Crippen molar-refractivity contribution in [3.8, 4) is 11.8 Å². The summed E-state index contributed by atoms with van der Waals surface area (Å²) in [5.74, 6) is -2.28. The molecule has 1 amide bonds. The van der Waals surface area contributed by atoms with Gasteiger partial charge in [-0.2, -0.15) is 5.26 Å². The van der Waals surface area contributed by atoms with Gasteiger partial charge in [0.2, 0.25) is 11.7 Å².